The number of esters is 5. The van der Waals surface area contributed by atoms with Gasteiger partial charge in [0.05, 0.1) is 168 Å². The van der Waals surface area contributed by atoms with Crippen LogP contribution in [0.5, 0.6) is 11.5 Å². The molecule has 14 bridgehead atoms. The van der Waals surface area contributed by atoms with E-state index in [2.05, 4.69) is 68.7 Å². The molecule has 732 valence electrons. The minimum atomic E-state index is -0.563. The molecule has 28 heteroatoms. The van der Waals surface area contributed by atoms with Gasteiger partial charge in [0.1, 0.15) is 11.5 Å². The number of imide groups is 5. The lowest BCUT2D eigenvalue weighted by atomic mass is 9.65. The standard InChI is InChI=1S/C28H36ClNO4.C24H23NO4.C23H23NO5.C19H17NO4.C18H17NO5.2H2/c1-2-3-4-5-6-7-8-9-10-11-16-34-28(33)21-14-15-22(29)23(18-21)30-26(31)24-19-12-13-20(17-19)25(24)27(30)32;1-3-29-24(28)14-5-4-11(2)17(9-14)25-22(26)20-15-10-16(21(20)23(25)27)19-13-7-6-12(8-13)18(15)19;1-28-16-6-5-12(23(27)29-2)8-15(16)24-21(25)19-13-9-14(20(19)22(24)26)18-11-4-3-10(7-11)17(13)18;1-3-24-19(23)13-5-4-10(2)14(9-13)20-17(21)15-11-6-7-12(8-11)16(15)18(20)22;1-23-13-6-5-11(18(22)24-2)8-12(13)19-16(20)14-9-3-4-10(7-9)15(14)17(19)21;;/h12-15,18-20,24-25H,2-11,16-17H2,1H3;3-7,9,12-13,15-16,18-21H,1,8,10H2,2H3;3-6,8,10-11,13-14,17-20H,7,9H2,1-2H3;3-7,9,11-12,15-16H,1,8H2,2H3;3-6,8-10,14-15H,7H2,1-2H3;2*1H. The van der Waals surface area contributed by atoms with Gasteiger partial charge in [0.15, 0.2) is 0 Å². The highest BCUT2D eigenvalue weighted by molar-refractivity contribution is 6.36. The van der Waals surface area contributed by atoms with Crippen LogP contribution in [0, 0.1) is 180 Å². The Labute approximate surface area is 820 Å². The molecule has 140 heavy (non-hydrogen) atoms. The van der Waals surface area contributed by atoms with Gasteiger partial charge in [-0.25, -0.2) is 48.5 Å². The molecule has 5 heterocycles. The number of hydrogen-bond acceptors (Lipinski definition) is 22. The molecule has 0 aromatic heterocycles. The number of carbonyl (C=O) groups excluding carboxylic acids is 15. The summed E-state index contributed by atoms with van der Waals surface area (Å²) in [6, 6.07) is 23.9. The molecule has 0 N–H and O–H groups in total. The van der Waals surface area contributed by atoms with Crippen LogP contribution in [0.2, 0.25) is 5.02 Å². The van der Waals surface area contributed by atoms with Gasteiger partial charge in [-0.15, -0.1) is 0 Å². The number of benzene rings is 5. The van der Waals surface area contributed by atoms with Gasteiger partial charge in [-0.3, -0.25) is 47.9 Å². The van der Waals surface area contributed by atoms with Gasteiger partial charge in [0.25, 0.3) is 0 Å². The van der Waals surface area contributed by atoms with Crippen LogP contribution in [0.4, 0.5) is 28.4 Å². The van der Waals surface area contributed by atoms with E-state index in [9.17, 15) is 71.9 Å². The Kier molecular flexibility index (Phi) is 25.7. The zero-order chi connectivity index (χ0) is 98.1. The molecule has 14 fully saturated rings. The number of carbonyl (C=O) groups is 15. The Balaban J connectivity index is 0.000000117. The van der Waals surface area contributed by atoms with Crippen molar-refractivity contribution in [2.24, 2.45) is 166 Å². The minimum absolute atomic E-state index is 0. The first kappa shape index (κ1) is 94.8. The van der Waals surface area contributed by atoms with E-state index < -0.39 is 29.8 Å². The van der Waals surface area contributed by atoms with Crippen molar-refractivity contribution in [3.05, 3.63) is 221 Å². The number of amides is 10. The number of fused-ring (bicyclic) bond motifs is 39. The van der Waals surface area contributed by atoms with Gasteiger partial charge in [-0.2, -0.15) is 0 Å². The maximum absolute atomic E-state index is 13.5. The first-order valence-electron chi connectivity index (χ1n) is 49.8. The summed E-state index contributed by atoms with van der Waals surface area (Å²) < 4.78 is 35.4. The van der Waals surface area contributed by atoms with Crippen LogP contribution in [0.3, 0.4) is 0 Å². The Hall–Kier alpha value is -12.8. The quantitative estimate of drug-likeness (QED) is 0.00996. The largest absolute Gasteiger partial charge is 0.495 e. The minimum Gasteiger partial charge on any atom is -0.495 e. The molecule has 28 atom stereocenters. The number of hydrogen-bond donors (Lipinski definition) is 0. The van der Waals surface area contributed by atoms with Gasteiger partial charge in [0.2, 0.25) is 59.1 Å². The molecule has 5 aliphatic heterocycles. The van der Waals surface area contributed by atoms with Crippen molar-refractivity contribution in [1.29, 1.82) is 0 Å². The molecule has 27 nitrogen and oxygen atoms in total. The highest BCUT2D eigenvalue weighted by Crippen LogP contribution is 2.73. The second kappa shape index (κ2) is 38.0. The van der Waals surface area contributed by atoms with Gasteiger partial charge in [-0.1, -0.05) is 162 Å². The SMILES string of the molecule is C=COC(=O)c1ccc(C)c(N2C(=O)C3C4C=CC(C4)C3C2=O)c1.C=COC(=O)c1ccc(C)c(N2C(=O)C3C4CC(C3C2=O)C2C3C=CC(C3)C42)c1.CCCCCCCCCCCCOC(=O)c1ccc(Cl)c(N2C(=O)C3C4C=CC(C4)C3C2=O)c1.COC(=O)c1ccc(OC)c(N2C(=O)C3C4C=CC(C4)C3C2=O)c1.COC(=O)c1ccc(OC)c(N2C(=O)C3C4CC(C3C2=O)C2C3C=CC(C3)C42)c1.[HH].[HH]. The van der Waals surface area contributed by atoms with Crippen molar-refractivity contribution in [2.75, 3.05) is 59.5 Å². The lowest BCUT2D eigenvalue weighted by Gasteiger charge is -2.36. The van der Waals surface area contributed by atoms with E-state index in [0.29, 0.717) is 134 Å². The predicted octanol–water partition coefficient (Wildman–Crippen LogP) is 17.8. The number of anilines is 5. The molecular formula is C112H120ClN5O22. The van der Waals surface area contributed by atoms with E-state index in [1.807, 2.05) is 26.0 Å². The zero-order valence-electron chi connectivity index (χ0n) is 79.5. The van der Waals surface area contributed by atoms with Gasteiger partial charge in [0, 0.05) is 2.85 Å². The normalized spacial score (nSPS) is 33.1. The number of methoxy groups -OCH3 is 4. The van der Waals surface area contributed by atoms with Gasteiger partial charge < -0.3 is 33.2 Å². The van der Waals surface area contributed by atoms with Crippen LogP contribution in [0.1, 0.15) is 182 Å². The first-order valence-corrected chi connectivity index (χ1v) is 50.2. The van der Waals surface area contributed by atoms with E-state index in [4.69, 9.17) is 44.8 Å². The van der Waals surface area contributed by atoms with E-state index in [1.54, 1.807) is 72.8 Å². The summed E-state index contributed by atoms with van der Waals surface area (Å²) in [6.07, 6.45) is 43.1. The van der Waals surface area contributed by atoms with Crippen molar-refractivity contribution >= 4 is 129 Å². The molecule has 5 aromatic carbocycles. The smallest absolute Gasteiger partial charge is 0.342 e. The molecule has 5 saturated heterocycles. The third-order valence-corrected chi connectivity index (χ3v) is 35.2. The third-order valence-electron chi connectivity index (χ3n) is 34.9. The van der Waals surface area contributed by atoms with Crippen LogP contribution in [0.15, 0.2) is 177 Å². The fourth-order valence-electron chi connectivity index (χ4n) is 29.2. The van der Waals surface area contributed by atoms with Crippen LogP contribution in [-0.2, 0) is 71.6 Å². The van der Waals surface area contributed by atoms with E-state index in [-0.39, 0.29) is 173 Å². The average Bonchev–Trinajstić information content (AvgIpc) is 1.51. The van der Waals surface area contributed by atoms with Crippen LogP contribution < -0.4 is 34.0 Å². The summed E-state index contributed by atoms with van der Waals surface area (Å²) in [7, 11) is 5.56. The second-order valence-corrected chi connectivity index (χ2v) is 41.8. The first-order chi connectivity index (χ1) is 67.7. The van der Waals surface area contributed by atoms with Crippen molar-refractivity contribution in [3.63, 3.8) is 0 Å². The maximum Gasteiger partial charge on any atom is 0.342 e. The molecule has 14 aliphatic carbocycles. The molecule has 0 radical (unpaired) electrons. The number of rotatable bonds is 25. The van der Waals surface area contributed by atoms with E-state index in [1.165, 1.54) is 129 Å². The molecule has 9 saturated carbocycles. The van der Waals surface area contributed by atoms with Gasteiger partial charge >= 0.3 is 29.8 Å². The van der Waals surface area contributed by atoms with Crippen molar-refractivity contribution in [3.8, 4) is 11.5 Å². The lowest BCUT2D eigenvalue weighted by molar-refractivity contribution is -0.125. The van der Waals surface area contributed by atoms with Crippen LogP contribution >= 0.6 is 11.6 Å². The summed E-state index contributed by atoms with van der Waals surface area (Å²) >= 11 is 6.37. The van der Waals surface area contributed by atoms with Crippen molar-refractivity contribution in [1.82, 2.24) is 0 Å². The Morgan fingerprint density at radius 2 is 0.579 bits per heavy atom. The molecule has 10 amide bonds. The molecule has 28 unspecified atom stereocenters. The highest BCUT2D eigenvalue weighted by atomic mass is 35.5. The number of nitrogens with zero attached hydrogens (tertiary/aromatic N) is 5. The zero-order valence-corrected chi connectivity index (χ0v) is 80.2. The molecular weight excluding hydrogens is 1800 g/mol. The van der Waals surface area contributed by atoms with E-state index >= 15 is 0 Å². The number of allylic oxidation sites excluding steroid dienone is 10. The number of halogens is 1. The fourth-order valence-corrected chi connectivity index (χ4v) is 29.4. The number of unbranched alkanes of at least 4 members (excludes halogenated alkanes) is 9. The summed E-state index contributed by atoms with van der Waals surface area (Å²) in [4.78, 5) is 199. The Morgan fingerprint density at radius 1 is 0.321 bits per heavy atom. The fraction of sp³-hybridized carbons (Fsp3) is 0.473. The van der Waals surface area contributed by atoms with Crippen LogP contribution in [0.25, 0.3) is 0 Å². The predicted molar refractivity (Wildman–Crippen MR) is 518 cm³/mol. The Morgan fingerprint density at radius 3 is 0.900 bits per heavy atom. The van der Waals surface area contributed by atoms with Gasteiger partial charge in [-0.05, 0) is 262 Å². The summed E-state index contributed by atoms with van der Waals surface area (Å²) in [5, 5.41) is 0.285. The summed E-state index contributed by atoms with van der Waals surface area (Å²) in [6.45, 7) is 13.1. The topological polar surface area (TPSA) is 337 Å². The number of aryl methyl sites for hydroxylation is 2. The maximum atomic E-state index is 13.5. The van der Waals surface area contributed by atoms with Crippen molar-refractivity contribution < 1.29 is 108 Å². The molecule has 24 rings (SSSR count). The summed E-state index contributed by atoms with van der Waals surface area (Å²) in [5.41, 5.74) is 4.98. The molecule has 19 aliphatic rings. The average molecular weight is 1920 g/mol. The van der Waals surface area contributed by atoms with E-state index in [0.717, 1.165) is 75.0 Å². The number of ether oxygens (including phenoxy) is 7. The lowest BCUT2D eigenvalue weighted by Crippen LogP contribution is -2.38. The van der Waals surface area contributed by atoms with Crippen LogP contribution in [-0.4, -0.2) is 124 Å². The Bertz CT molecular complexity index is 6080. The molecule has 5 aromatic rings. The monoisotopic (exact) mass is 1920 g/mol. The summed E-state index contributed by atoms with van der Waals surface area (Å²) in [5.74, 6) is 0.829. The highest BCUT2D eigenvalue weighted by Gasteiger charge is 2.74. The van der Waals surface area contributed by atoms with Crippen molar-refractivity contribution in [2.45, 2.75) is 130 Å². The third kappa shape index (κ3) is 15.6. The molecule has 0 spiro atoms. The second-order valence-electron chi connectivity index (χ2n) is 41.4.